The van der Waals surface area contributed by atoms with Crippen LogP contribution >= 0.6 is 0 Å². The molecule has 0 bridgehead atoms. The first-order chi connectivity index (χ1) is 8.24. The van der Waals surface area contributed by atoms with Gasteiger partial charge in [0.05, 0.1) is 12.1 Å². The van der Waals surface area contributed by atoms with Crippen LogP contribution in [0.1, 0.15) is 12.0 Å². The van der Waals surface area contributed by atoms with Crippen molar-refractivity contribution in [3.63, 3.8) is 0 Å². The van der Waals surface area contributed by atoms with Crippen LogP contribution in [-0.2, 0) is 6.42 Å². The average molecular weight is 233 g/mol. The number of hydrogen-bond acceptors (Lipinski definition) is 3. The highest BCUT2D eigenvalue weighted by Gasteiger charge is 2.20. The Hall–Kier alpha value is -1.60. The van der Waals surface area contributed by atoms with Crippen LogP contribution in [0.5, 0.6) is 0 Å². The Morgan fingerprint density at radius 3 is 3.12 bits per heavy atom. The fourth-order valence-electron chi connectivity index (χ4n) is 2.21. The van der Waals surface area contributed by atoms with E-state index in [1.807, 2.05) is 6.07 Å². The summed E-state index contributed by atoms with van der Waals surface area (Å²) in [5.41, 5.74) is 2.18. The van der Waals surface area contributed by atoms with Crippen LogP contribution < -0.4 is 10.2 Å². The maximum Gasteiger partial charge on any atom is 0.125 e. The minimum Gasteiger partial charge on any atom is -0.371 e. The van der Waals surface area contributed by atoms with Crippen molar-refractivity contribution in [2.24, 2.45) is 0 Å². The normalized spacial score (nSPS) is 15.5. The number of fused-ring (bicyclic) bond motifs is 1. The third-order valence-corrected chi connectivity index (χ3v) is 3.23. The average Bonchev–Trinajstić information content (AvgIpc) is 2.73. The van der Waals surface area contributed by atoms with E-state index in [-0.39, 0.29) is 11.9 Å². The van der Waals surface area contributed by atoms with Crippen molar-refractivity contribution in [2.45, 2.75) is 18.9 Å². The molecule has 1 aliphatic heterocycles. The summed E-state index contributed by atoms with van der Waals surface area (Å²) < 4.78 is 13.2. The molecule has 1 N–H and O–H groups in total. The minimum atomic E-state index is -0.193. The maximum absolute atomic E-state index is 13.2. The topological polar surface area (TPSA) is 39.1 Å². The van der Waals surface area contributed by atoms with E-state index in [4.69, 9.17) is 5.26 Å². The summed E-state index contributed by atoms with van der Waals surface area (Å²) in [5.74, 6) is -0.193. The second kappa shape index (κ2) is 5.15. The summed E-state index contributed by atoms with van der Waals surface area (Å²) >= 11 is 0. The van der Waals surface area contributed by atoms with Crippen LogP contribution in [0.3, 0.4) is 0 Å². The molecule has 17 heavy (non-hydrogen) atoms. The quantitative estimate of drug-likeness (QED) is 0.860. The molecule has 1 atom stereocenters. The molecule has 1 aliphatic rings. The largest absolute Gasteiger partial charge is 0.371 e. The molecule has 0 amide bonds. The first-order valence-electron chi connectivity index (χ1n) is 5.85. The molecule has 0 saturated heterocycles. The summed E-state index contributed by atoms with van der Waals surface area (Å²) in [5, 5.41) is 11.8. The number of rotatable bonds is 4. The molecular formula is C13H16FN3. The molecule has 0 radical (unpaired) electrons. The Kier molecular flexibility index (Phi) is 3.60. The molecule has 0 fully saturated rings. The second-order valence-electron chi connectivity index (χ2n) is 4.27. The monoisotopic (exact) mass is 233 g/mol. The van der Waals surface area contributed by atoms with Crippen molar-refractivity contribution < 1.29 is 4.39 Å². The number of benzene rings is 1. The highest BCUT2D eigenvalue weighted by molar-refractivity contribution is 5.58. The Morgan fingerprint density at radius 1 is 1.59 bits per heavy atom. The van der Waals surface area contributed by atoms with Crippen molar-refractivity contribution in [1.82, 2.24) is 5.32 Å². The highest BCUT2D eigenvalue weighted by atomic mass is 19.1. The highest BCUT2D eigenvalue weighted by Crippen LogP contribution is 2.28. The van der Waals surface area contributed by atoms with E-state index >= 15 is 0 Å². The van der Waals surface area contributed by atoms with Gasteiger partial charge in [0.2, 0.25) is 0 Å². The molecule has 1 heterocycles. The molecule has 1 aromatic rings. The number of nitriles is 1. The molecule has 1 unspecified atom stereocenters. The van der Waals surface area contributed by atoms with E-state index in [0.29, 0.717) is 0 Å². The molecule has 4 heteroatoms. The Balaban J connectivity index is 2.02. The van der Waals surface area contributed by atoms with Gasteiger partial charge in [0.1, 0.15) is 5.82 Å². The Bertz CT molecular complexity index is 439. The first-order valence-corrected chi connectivity index (χ1v) is 5.85. The van der Waals surface area contributed by atoms with Gasteiger partial charge in [-0.1, -0.05) is 6.07 Å². The predicted octanol–water partition coefficient (Wildman–Crippen LogP) is 1.69. The fourth-order valence-corrected chi connectivity index (χ4v) is 2.21. The summed E-state index contributed by atoms with van der Waals surface area (Å²) in [4.78, 5) is 2.15. The summed E-state index contributed by atoms with van der Waals surface area (Å²) in [6.45, 7) is 1.70. The van der Waals surface area contributed by atoms with E-state index in [9.17, 15) is 4.39 Å². The van der Waals surface area contributed by atoms with Gasteiger partial charge < -0.3 is 10.2 Å². The van der Waals surface area contributed by atoms with Gasteiger partial charge in [-0.05, 0) is 37.6 Å². The lowest BCUT2D eigenvalue weighted by Gasteiger charge is -2.20. The van der Waals surface area contributed by atoms with Gasteiger partial charge in [-0.2, -0.15) is 5.26 Å². The van der Waals surface area contributed by atoms with Gasteiger partial charge in [0.15, 0.2) is 0 Å². The molecule has 0 saturated carbocycles. The standard InChI is InChI=1S/C13H16FN3/c1-16-12(9-15)5-7-17-6-4-10-2-3-11(14)8-13(10)17/h2-3,8,12,16H,4-7H2,1H3. The lowest BCUT2D eigenvalue weighted by molar-refractivity contribution is 0.610. The molecular weight excluding hydrogens is 217 g/mol. The van der Waals surface area contributed by atoms with Gasteiger partial charge in [-0.25, -0.2) is 4.39 Å². The fraction of sp³-hybridized carbons (Fsp3) is 0.462. The van der Waals surface area contributed by atoms with Gasteiger partial charge in [0.25, 0.3) is 0 Å². The van der Waals surface area contributed by atoms with Crippen LogP contribution in [0, 0.1) is 17.1 Å². The van der Waals surface area contributed by atoms with Gasteiger partial charge in [0, 0.05) is 18.8 Å². The SMILES string of the molecule is CNC(C#N)CCN1CCc2ccc(F)cc21. The zero-order valence-corrected chi connectivity index (χ0v) is 9.91. The number of nitrogens with zero attached hydrogens (tertiary/aromatic N) is 2. The van der Waals surface area contributed by atoms with E-state index in [1.54, 1.807) is 13.1 Å². The van der Waals surface area contributed by atoms with Gasteiger partial charge in [-0.3, -0.25) is 0 Å². The molecule has 0 aliphatic carbocycles. The predicted molar refractivity (Wildman–Crippen MR) is 65.4 cm³/mol. The zero-order chi connectivity index (χ0) is 12.3. The van der Waals surface area contributed by atoms with Crippen LogP contribution in [0.15, 0.2) is 18.2 Å². The van der Waals surface area contributed by atoms with E-state index in [0.717, 1.165) is 31.6 Å². The second-order valence-corrected chi connectivity index (χ2v) is 4.27. The number of nitrogens with one attached hydrogen (secondary N) is 1. The van der Waals surface area contributed by atoms with Crippen molar-refractivity contribution in [2.75, 3.05) is 25.0 Å². The Morgan fingerprint density at radius 2 is 2.41 bits per heavy atom. The number of halogens is 1. The van der Waals surface area contributed by atoms with Crippen molar-refractivity contribution in [1.29, 1.82) is 5.26 Å². The lowest BCUT2D eigenvalue weighted by Crippen LogP contribution is -2.30. The van der Waals surface area contributed by atoms with E-state index in [1.165, 1.54) is 11.6 Å². The number of anilines is 1. The molecule has 0 aromatic heterocycles. The number of hydrogen-bond donors (Lipinski definition) is 1. The zero-order valence-electron chi connectivity index (χ0n) is 9.91. The summed E-state index contributed by atoms with van der Waals surface area (Å²) in [6, 6.07) is 7.01. The summed E-state index contributed by atoms with van der Waals surface area (Å²) in [6.07, 6.45) is 1.72. The smallest absolute Gasteiger partial charge is 0.125 e. The summed E-state index contributed by atoms with van der Waals surface area (Å²) in [7, 11) is 1.78. The molecule has 3 nitrogen and oxygen atoms in total. The Labute approximate surface area is 101 Å². The van der Waals surface area contributed by atoms with E-state index < -0.39 is 0 Å². The molecule has 90 valence electrons. The van der Waals surface area contributed by atoms with E-state index in [2.05, 4.69) is 16.3 Å². The van der Waals surface area contributed by atoms with Crippen LogP contribution in [0.4, 0.5) is 10.1 Å². The van der Waals surface area contributed by atoms with Crippen molar-refractivity contribution >= 4 is 5.69 Å². The molecule has 1 aromatic carbocycles. The first kappa shape index (κ1) is 11.9. The van der Waals surface area contributed by atoms with Crippen LogP contribution in [0.2, 0.25) is 0 Å². The van der Waals surface area contributed by atoms with Crippen LogP contribution in [-0.4, -0.2) is 26.2 Å². The molecule has 2 rings (SSSR count). The maximum atomic E-state index is 13.2. The van der Waals surface area contributed by atoms with Crippen molar-refractivity contribution in [3.8, 4) is 6.07 Å². The van der Waals surface area contributed by atoms with Crippen LogP contribution in [0.25, 0.3) is 0 Å². The third-order valence-electron chi connectivity index (χ3n) is 3.23. The van der Waals surface area contributed by atoms with Crippen molar-refractivity contribution in [3.05, 3.63) is 29.6 Å². The third kappa shape index (κ3) is 2.56. The van der Waals surface area contributed by atoms with Gasteiger partial charge >= 0.3 is 0 Å². The minimum absolute atomic E-state index is 0.132. The van der Waals surface area contributed by atoms with Gasteiger partial charge in [-0.15, -0.1) is 0 Å². The molecule has 0 spiro atoms. The lowest BCUT2D eigenvalue weighted by atomic mass is 10.1.